The molecule has 0 atom stereocenters. The molecule has 1 aromatic carbocycles. The molecule has 2 aromatic rings. The molecule has 3 rings (SSSR count). The number of imidazole rings is 1. The summed E-state index contributed by atoms with van der Waals surface area (Å²) >= 11 is 0. The summed E-state index contributed by atoms with van der Waals surface area (Å²) in [5, 5.41) is 5.58. The molecule has 2 heterocycles. The first-order chi connectivity index (χ1) is 13.0. The quantitative estimate of drug-likeness (QED) is 0.819. The van der Waals surface area contributed by atoms with E-state index in [0.717, 1.165) is 18.5 Å². The third-order valence-electron chi connectivity index (χ3n) is 4.60. The van der Waals surface area contributed by atoms with Gasteiger partial charge in [0.1, 0.15) is 11.5 Å². The van der Waals surface area contributed by atoms with Crippen LogP contribution in [0.2, 0.25) is 0 Å². The van der Waals surface area contributed by atoms with E-state index in [-0.39, 0.29) is 35.7 Å². The molecule has 0 unspecified atom stereocenters. The molecule has 1 aliphatic heterocycles. The van der Waals surface area contributed by atoms with Crippen molar-refractivity contribution >= 4 is 11.8 Å². The number of hydrogen-bond donors (Lipinski definition) is 2. The van der Waals surface area contributed by atoms with Crippen molar-refractivity contribution < 1.29 is 14.0 Å². The van der Waals surface area contributed by atoms with Crippen molar-refractivity contribution in [1.29, 1.82) is 0 Å². The Kier molecular flexibility index (Phi) is 5.88. The van der Waals surface area contributed by atoms with Gasteiger partial charge in [-0.25, -0.2) is 9.37 Å². The highest BCUT2D eigenvalue weighted by Crippen LogP contribution is 2.21. The maximum absolute atomic E-state index is 13.8. The van der Waals surface area contributed by atoms with E-state index < -0.39 is 0 Å². The maximum atomic E-state index is 13.8. The maximum Gasteiger partial charge on any atom is 0.287 e. The summed E-state index contributed by atoms with van der Waals surface area (Å²) in [5.74, 6) is -0.403. The van der Waals surface area contributed by atoms with Gasteiger partial charge in [-0.15, -0.1) is 0 Å². The molecule has 1 aliphatic rings. The second-order valence-corrected chi connectivity index (χ2v) is 7.22. The van der Waals surface area contributed by atoms with E-state index in [1.807, 2.05) is 18.4 Å². The Labute approximate surface area is 158 Å². The van der Waals surface area contributed by atoms with Gasteiger partial charge >= 0.3 is 0 Å². The molecule has 0 fully saturated rings. The predicted octanol–water partition coefficient (Wildman–Crippen LogP) is 2.67. The van der Waals surface area contributed by atoms with Crippen LogP contribution in [-0.2, 0) is 19.5 Å². The van der Waals surface area contributed by atoms with Crippen molar-refractivity contribution in [2.75, 3.05) is 6.54 Å². The lowest BCUT2D eigenvalue weighted by molar-refractivity contribution is 0.0933. The van der Waals surface area contributed by atoms with Gasteiger partial charge < -0.3 is 15.2 Å². The third kappa shape index (κ3) is 4.35. The first kappa shape index (κ1) is 19.1. The molecule has 0 radical (unpaired) electrons. The topological polar surface area (TPSA) is 76.0 Å². The minimum atomic E-state index is -0.383. The fraction of sp³-hybridized carbons (Fsp3) is 0.450. The molecular formula is C20H25FN4O2. The minimum absolute atomic E-state index is 0.0761. The van der Waals surface area contributed by atoms with Gasteiger partial charge in [-0.05, 0) is 31.2 Å². The lowest BCUT2D eigenvalue weighted by Crippen LogP contribution is -2.30. The zero-order valence-electron chi connectivity index (χ0n) is 15.7. The van der Waals surface area contributed by atoms with Crippen LogP contribution in [-0.4, -0.2) is 27.9 Å². The van der Waals surface area contributed by atoms with Gasteiger partial charge in [0.15, 0.2) is 5.82 Å². The monoisotopic (exact) mass is 372 g/mol. The van der Waals surface area contributed by atoms with Gasteiger partial charge in [0.05, 0.1) is 5.69 Å². The van der Waals surface area contributed by atoms with Crippen molar-refractivity contribution in [3.8, 4) is 0 Å². The lowest BCUT2D eigenvalue weighted by Gasteiger charge is -2.17. The summed E-state index contributed by atoms with van der Waals surface area (Å²) in [6.45, 7) is 5.34. The number of hydrogen-bond acceptors (Lipinski definition) is 3. The average molecular weight is 372 g/mol. The van der Waals surface area contributed by atoms with Gasteiger partial charge in [0.2, 0.25) is 0 Å². The zero-order valence-corrected chi connectivity index (χ0v) is 15.7. The highest BCUT2D eigenvalue weighted by atomic mass is 19.1. The predicted molar refractivity (Wildman–Crippen MR) is 99.9 cm³/mol. The molecule has 2 amide bonds. The molecule has 0 bridgehead atoms. The fourth-order valence-electron chi connectivity index (χ4n) is 3.18. The van der Waals surface area contributed by atoms with E-state index in [1.54, 1.807) is 18.2 Å². The molecule has 1 aromatic heterocycles. The van der Waals surface area contributed by atoms with Crippen molar-refractivity contribution in [3.05, 3.63) is 52.9 Å². The average Bonchev–Trinajstić information content (AvgIpc) is 3.05. The Bertz CT molecular complexity index is 845. The normalized spacial score (nSPS) is 13.3. The zero-order chi connectivity index (χ0) is 19.4. The van der Waals surface area contributed by atoms with E-state index in [4.69, 9.17) is 0 Å². The first-order valence-electron chi connectivity index (χ1n) is 9.36. The van der Waals surface area contributed by atoms with Gasteiger partial charge in [0.25, 0.3) is 11.8 Å². The Hall–Kier alpha value is -2.70. The summed E-state index contributed by atoms with van der Waals surface area (Å²) in [7, 11) is 0. The number of rotatable bonds is 6. The fourth-order valence-corrected chi connectivity index (χ4v) is 3.18. The molecule has 0 saturated carbocycles. The number of fused-ring (bicyclic) bond motifs is 1. The van der Waals surface area contributed by atoms with Gasteiger partial charge in [-0.2, -0.15) is 0 Å². The third-order valence-corrected chi connectivity index (χ3v) is 4.60. The van der Waals surface area contributed by atoms with Gasteiger partial charge in [-0.3, -0.25) is 9.59 Å². The van der Waals surface area contributed by atoms with Crippen molar-refractivity contribution in [2.45, 2.75) is 46.2 Å². The molecule has 0 aliphatic carbocycles. The Morgan fingerprint density at radius 1 is 1.19 bits per heavy atom. The van der Waals surface area contributed by atoms with E-state index in [0.29, 0.717) is 31.0 Å². The van der Waals surface area contributed by atoms with Crippen molar-refractivity contribution in [2.24, 2.45) is 5.92 Å². The van der Waals surface area contributed by atoms with Crippen molar-refractivity contribution in [3.63, 3.8) is 0 Å². The number of halogens is 1. The summed E-state index contributed by atoms with van der Waals surface area (Å²) < 4.78 is 15.6. The number of nitrogens with zero attached hydrogens (tertiary/aromatic N) is 2. The van der Waals surface area contributed by atoms with Crippen molar-refractivity contribution in [1.82, 2.24) is 20.2 Å². The summed E-state index contributed by atoms with van der Waals surface area (Å²) in [6, 6.07) is 6.31. The van der Waals surface area contributed by atoms with Crippen LogP contribution < -0.4 is 10.6 Å². The molecule has 0 spiro atoms. The number of amides is 2. The van der Waals surface area contributed by atoms with E-state index in [2.05, 4.69) is 15.6 Å². The second-order valence-electron chi connectivity index (χ2n) is 7.22. The van der Waals surface area contributed by atoms with Gasteiger partial charge in [-0.1, -0.05) is 32.0 Å². The van der Waals surface area contributed by atoms with E-state index in [9.17, 15) is 14.0 Å². The highest BCUT2D eigenvalue weighted by Gasteiger charge is 2.27. The number of aromatic nitrogens is 2. The SMILES string of the molecule is CC(C)CNC(=O)c1nc(C(=O)NCc2ccccc2F)c2n1CCCC2. The lowest BCUT2D eigenvalue weighted by atomic mass is 10.1. The summed E-state index contributed by atoms with van der Waals surface area (Å²) in [5.41, 5.74) is 1.46. The van der Waals surface area contributed by atoms with Crippen LogP contribution in [0.4, 0.5) is 4.39 Å². The molecule has 0 saturated heterocycles. The minimum Gasteiger partial charge on any atom is -0.349 e. The standard InChI is InChI=1S/C20H25FN4O2/c1-13(2)11-22-20(27)18-24-17(16-9-5-6-10-25(16)18)19(26)23-12-14-7-3-4-8-15(14)21/h3-4,7-8,13H,5-6,9-12H2,1-2H3,(H,22,27)(H,23,26). The number of nitrogens with one attached hydrogen (secondary N) is 2. The molecular weight excluding hydrogens is 347 g/mol. The van der Waals surface area contributed by atoms with E-state index in [1.165, 1.54) is 6.07 Å². The molecule has 2 N–H and O–H groups in total. The Morgan fingerprint density at radius 2 is 1.96 bits per heavy atom. The van der Waals surface area contributed by atoms with Crippen LogP contribution >= 0.6 is 0 Å². The Morgan fingerprint density at radius 3 is 2.70 bits per heavy atom. The van der Waals surface area contributed by atoms with Crippen LogP contribution in [0, 0.1) is 11.7 Å². The second kappa shape index (κ2) is 8.33. The molecule has 7 heteroatoms. The van der Waals surface area contributed by atoms with Crippen LogP contribution in [0.25, 0.3) is 0 Å². The number of carbonyl (C=O) groups excluding carboxylic acids is 2. The molecule has 6 nitrogen and oxygen atoms in total. The molecule has 27 heavy (non-hydrogen) atoms. The summed E-state index contributed by atoms with van der Waals surface area (Å²) in [4.78, 5) is 29.5. The largest absolute Gasteiger partial charge is 0.349 e. The number of carbonyl (C=O) groups is 2. The highest BCUT2D eigenvalue weighted by molar-refractivity contribution is 5.97. The van der Waals surface area contributed by atoms with E-state index >= 15 is 0 Å². The van der Waals surface area contributed by atoms with Crippen LogP contribution in [0.1, 0.15) is 59.1 Å². The smallest absolute Gasteiger partial charge is 0.287 e. The summed E-state index contributed by atoms with van der Waals surface area (Å²) in [6.07, 6.45) is 2.60. The Balaban J connectivity index is 1.79. The van der Waals surface area contributed by atoms with Crippen LogP contribution in [0.3, 0.4) is 0 Å². The molecule has 144 valence electrons. The number of benzene rings is 1. The first-order valence-corrected chi connectivity index (χ1v) is 9.36. The van der Waals surface area contributed by atoms with Crippen LogP contribution in [0.5, 0.6) is 0 Å². The van der Waals surface area contributed by atoms with Gasteiger partial charge in [0, 0.05) is 25.2 Å². The van der Waals surface area contributed by atoms with Crippen LogP contribution in [0.15, 0.2) is 24.3 Å².